The molecule has 144 valence electrons. The summed E-state index contributed by atoms with van der Waals surface area (Å²) in [5.41, 5.74) is 8.24. The standard InChI is InChI=1S/C20H28N6O/c1-15(12-26-14-21-13-23-26)20(27)25-9-7-17(8-10-25)19-18(11-22-24-19)16-5-3-2-4-6-16/h2-6,13-15,17-19,22,24H,7-12H2,1H3. The van der Waals surface area contributed by atoms with Crippen LogP contribution in [-0.4, -0.2) is 51.2 Å². The SMILES string of the molecule is CC(Cn1cncn1)C(=O)N1CCC(C2NNCC2c2ccccc2)CC1. The highest BCUT2D eigenvalue weighted by Crippen LogP contribution is 2.32. The number of hydrogen-bond acceptors (Lipinski definition) is 5. The van der Waals surface area contributed by atoms with Gasteiger partial charge in [-0.15, -0.1) is 0 Å². The van der Waals surface area contributed by atoms with E-state index in [0.29, 0.717) is 24.4 Å². The van der Waals surface area contributed by atoms with Gasteiger partial charge in [0.1, 0.15) is 12.7 Å². The fourth-order valence-corrected chi connectivity index (χ4v) is 4.46. The van der Waals surface area contributed by atoms with Crippen molar-refractivity contribution >= 4 is 5.91 Å². The van der Waals surface area contributed by atoms with Gasteiger partial charge in [-0.25, -0.2) is 4.98 Å². The Labute approximate surface area is 160 Å². The molecule has 1 amide bonds. The predicted molar refractivity (Wildman–Crippen MR) is 103 cm³/mol. The van der Waals surface area contributed by atoms with E-state index in [0.717, 1.165) is 32.5 Å². The Bertz CT molecular complexity index is 726. The number of nitrogens with zero attached hydrogens (tertiary/aromatic N) is 4. The minimum absolute atomic E-state index is 0.0772. The third kappa shape index (κ3) is 4.04. The Morgan fingerprint density at radius 3 is 2.74 bits per heavy atom. The highest BCUT2D eigenvalue weighted by molar-refractivity contribution is 5.78. The van der Waals surface area contributed by atoms with Crippen molar-refractivity contribution in [1.82, 2.24) is 30.5 Å². The molecule has 0 spiro atoms. The average Bonchev–Trinajstić information content (AvgIpc) is 3.40. The van der Waals surface area contributed by atoms with Crippen molar-refractivity contribution in [2.45, 2.75) is 38.3 Å². The van der Waals surface area contributed by atoms with E-state index in [4.69, 9.17) is 0 Å². The monoisotopic (exact) mass is 368 g/mol. The Kier molecular flexibility index (Phi) is 5.50. The largest absolute Gasteiger partial charge is 0.342 e. The van der Waals surface area contributed by atoms with Crippen molar-refractivity contribution in [2.24, 2.45) is 11.8 Å². The highest BCUT2D eigenvalue weighted by Gasteiger charge is 2.37. The van der Waals surface area contributed by atoms with Crippen LogP contribution in [0.4, 0.5) is 0 Å². The molecule has 2 aromatic rings. The molecular formula is C20H28N6O. The number of benzene rings is 1. The van der Waals surface area contributed by atoms with Crippen molar-refractivity contribution in [3.8, 4) is 0 Å². The first-order chi connectivity index (χ1) is 13.2. The molecule has 7 nitrogen and oxygen atoms in total. The second kappa shape index (κ2) is 8.19. The maximum absolute atomic E-state index is 12.8. The van der Waals surface area contributed by atoms with Gasteiger partial charge in [0.2, 0.25) is 5.91 Å². The number of amides is 1. The quantitative estimate of drug-likeness (QED) is 0.835. The normalized spacial score (nSPS) is 24.9. The molecule has 4 rings (SSSR count). The molecule has 3 atom stereocenters. The fraction of sp³-hybridized carbons (Fsp3) is 0.550. The van der Waals surface area contributed by atoms with Crippen LogP contribution in [0.5, 0.6) is 0 Å². The van der Waals surface area contributed by atoms with Crippen LogP contribution in [-0.2, 0) is 11.3 Å². The van der Waals surface area contributed by atoms with Crippen molar-refractivity contribution < 1.29 is 4.79 Å². The number of carbonyl (C=O) groups is 1. The second-order valence-electron chi connectivity index (χ2n) is 7.75. The average molecular weight is 368 g/mol. The minimum atomic E-state index is -0.0772. The van der Waals surface area contributed by atoms with Gasteiger partial charge in [0, 0.05) is 31.6 Å². The topological polar surface area (TPSA) is 75.1 Å². The van der Waals surface area contributed by atoms with E-state index in [2.05, 4.69) is 51.3 Å². The third-order valence-electron chi connectivity index (χ3n) is 5.96. The zero-order valence-electron chi connectivity index (χ0n) is 15.8. The summed E-state index contributed by atoms with van der Waals surface area (Å²) in [5.74, 6) is 1.22. The van der Waals surface area contributed by atoms with E-state index < -0.39 is 0 Å². The highest BCUT2D eigenvalue weighted by atomic mass is 16.2. The second-order valence-corrected chi connectivity index (χ2v) is 7.75. The Morgan fingerprint density at radius 1 is 1.26 bits per heavy atom. The summed E-state index contributed by atoms with van der Waals surface area (Å²) < 4.78 is 1.73. The number of hydrazine groups is 1. The van der Waals surface area contributed by atoms with Crippen LogP contribution in [0.25, 0.3) is 0 Å². The van der Waals surface area contributed by atoms with E-state index in [1.54, 1.807) is 11.0 Å². The van der Waals surface area contributed by atoms with Crippen LogP contribution in [0.3, 0.4) is 0 Å². The van der Waals surface area contributed by atoms with Crippen molar-refractivity contribution in [3.05, 3.63) is 48.5 Å². The zero-order valence-corrected chi connectivity index (χ0v) is 15.8. The number of rotatable bonds is 5. The molecule has 27 heavy (non-hydrogen) atoms. The summed E-state index contributed by atoms with van der Waals surface area (Å²) in [7, 11) is 0. The molecule has 2 aliphatic heterocycles. The first-order valence-corrected chi connectivity index (χ1v) is 9.87. The van der Waals surface area contributed by atoms with Crippen LogP contribution < -0.4 is 10.9 Å². The van der Waals surface area contributed by atoms with Gasteiger partial charge in [-0.1, -0.05) is 37.3 Å². The molecule has 7 heteroatoms. The molecule has 2 fully saturated rings. The maximum atomic E-state index is 12.8. The van der Waals surface area contributed by atoms with Crippen molar-refractivity contribution in [1.29, 1.82) is 0 Å². The van der Waals surface area contributed by atoms with Gasteiger partial charge in [0.25, 0.3) is 0 Å². The predicted octanol–water partition coefficient (Wildman–Crippen LogP) is 1.41. The first kappa shape index (κ1) is 18.1. The molecule has 0 bridgehead atoms. The van der Waals surface area contributed by atoms with E-state index in [1.807, 2.05) is 11.8 Å². The number of nitrogens with one attached hydrogen (secondary N) is 2. The van der Waals surface area contributed by atoms with Crippen LogP contribution in [0.15, 0.2) is 43.0 Å². The lowest BCUT2D eigenvalue weighted by Crippen LogP contribution is -2.47. The molecule has 3 heterocycles. The summed E-state index contributed by atoms with van der Waals surface area (Å²) in [6, 6.07) is 11.2. The number of carbonyl (C=O) groups excluding carboxylic acids is 1. The Hall–Kier alpha value is -2.25. The molecule has 2 aliphatic rings. The summed E-state index contributed by atoms with van der Waals surface area (Å²) in [5, 5.41) is 4.10. The lowest BCUT2D eigenvalue weighted by atomic mass is 9.80. The van der Waals surface area contributed by atoms with Gasteiger partial charge < -0.3 is 4.90 Å². The lowest BCUT2D eigenvalue weighted by Gasteiger charge is -2.37. The molecule has 0 radical (unpaired) electrons. The van der Waals surface area contributed by atoms with Crippen molar-refractivity contribution in [3.63, 3.8) is 0 Å². The Balaban J connectivity index is 1.32. The molecular weight excluding hydrogens is 340 g/mol. The summed E-state index contributed by atoms with van der Waals surface area (Å²) >= 11 is 0. The fourth-order valence-electron chi connectivity index (χ4n) is 4.46. The van der Waals surface area contributed by atoms with Crippen LogP contribution >= 0.6 is 0 Å². The number of hydrogen-bond donors (Lipinski definition) is 2. The Morgan fingerprint density at radius 2 is 2.04 bits per heavy atom. The first-order valence-electron chi connectivity index (χ1n) is 9.87. The molecule has 2 N–H and O–H groups in total. The van der Waals surface area contributed by atoms with E-state index in [1.165, 1.54) is 11.9 Å². The van der Waals surface area contributed by atoms with Gasteiger partial charge in [0.05, 0.1) is 12.5 Å². The van der Waals surface area contributed by atoms with Gasteiger partial charge in [-0.2, -0.15) is 5.10 Å². The summed E-state index contributed by atoms with van der Waals surface area (Å²) in [6.45, 7) is 5.20. The summed E-state index contributed by atoms with van der Waals surface area (Å²) in [4.78, 5) is 18.7. The minimum Gasteiger partial charge on any atom is -0.342 e. The summed E-state index contributed by atoms with van der Waals surface area (Å²) in [6.07, 6.45) is 5.27. The van der Waals surface area contributed by atoms with Crippen molar-refractivity contribution in [2.75, 3.05) is 19.6 Å². The van der Waals surface area contributed by atoms with Crippen LogP contribution in [0.1, 0.15) is 31.2 Å². The van der Waals surface area contributed by atoms with E-state index in [-0.39, 0.29) is 11.8 Å². The smallest absolute Gasteiger partial charge is 0.227 e. The molecule has 2 saturated heterocycles. The molecule has 1 aromatic heterocycles. The number of likely N-dealkylation sites (tertiary alicyclic amines) is 1. The molecule has 1 aromatic carbocycles. The molecule has 0 aliphatic carbocycles. The van der Waals surface area contributed by atoms with E-state index in [9.17, 15) is 4.79 Å². The van der Waals surface area contributed by atoms with Gasteiger partial charge in [-0.05, 0) is 24.3 Å². The van der Waals surface area contributed by atoms with Gasteiger partial charge in [0.15, 0.2) is 0 Å². The molecule has 3 unspecified atom stereocenters. The van der Waals surface area contributed by atoms with Crippen LogP contribution in [0, 0.1) is 11.8 Å². The van der Waals surface area contributed by atoms with E-state index >= 15 is 0 Å². The lowest BCUT2D eigenvalue weighted by molar-refractivity contribution is -0.137. The van der Waals surface area contributed by atoms with Crippen LogP contribution in [0.2, 0.25) is 0 Å². The zero-order chi connectivity index (χ0) is 18.6. The molecule has 0 saturated carbocycles. The number of piperidine rings is 1. The maximum Gasteiger partial charge on any atom is 0.227 e. The number of aromatic nitrogens is 3. The van der Waals surface area contributed by atoms with Gasteiger partial charge >= 0.3 is 0 Å². The third-order valence-corrected chi connectivity index (χ3v) is 5.96. The van der Waals surface area contributed by atoms with Gasteiger partial charge in [-0.3, -0.25) is 20.3 Å².